The van der Waals surface area contributed by atoms with E-state index in [1.807, 2.05) is 0 Å². The molecule has 12 heteroatoms. The smallest absolute Gasteiger partial charge is 0.313 e. The minimum absolute atomic E-state index is 0.0203. The van der Waals surface area contributed by atoms with Crippen molar-refractivity contribution in [2.75, 3.05) is 31.5 Å². The van der Waals surface area contributed by atoms with Crippen molar-refractivity contribution in [2.24, 2.45) is 16.5 Å². The molecule has 7 N–H and O–H groups in total. The summed E-state index contributed by atoms with van der Waals surface area (Å²) in [5, 5.41) is 8.36. The van der Waals surface area contributed by atoms with Crippen LogP contribution in [0.2, 0.25) is 0 Å². The number of halogens is 1. The van der Waals surface area contributed by atoms with E-state index in [1.54, 1.807) is 0 Å². The van der Waals surface area contributed by atoms with Crippen molar-refractivity contribution in [2.45, 2.75) is 75.8 Å². The molecule has 2 fully saturated rings. The maximum atomic E-state index is 13.0. The van der Waals surface area contributed by atoms with Crippen LogP contribution in [0.3, 0.4) is 0 Å². The van der Waals surface area contributed by atoms with Crippen LogP contribution in [0.15, 0.2) is 23.3 Å². The van der Waals surface area contributed by atoms with Crippen LogP contribution in [0.5, 0.6) is 0 Å². The monoisotopic (exact) mass is 518 g/mol. The van der Waals surface area contributed by atoms with Crippen LogP contribution in [0.25, 0.3) is 0 Å². The molecule has 1 atom stereocenters. The first-order chi connectivity index (χ1) is 17.8. The molecule has 1 saturated heterocycles. The van der Waals surface area contributed by atoms with Gasteiger partial charge in [-0.25, -0.2) is 4.98 Å². The first kappa shape index (κ1) is 28.3. The molecule has 0 bridgehead atoms. The van der Waals surface area contributed by atoms with E-state index in [9.17, 15) is 18.8 Å². The molecule has 37 heavy (non-hydrogen) atoms. The Morgan fingerprint density at radius 3 is 2.62 bits per heavy atom. The average Bonchev–Trinajstić information content (AvgIpc) is 2.87. The molecule has 1 aromatic rings. The van der Waals surface area contributed by atoms with Crippen LogP contribution in [0.1, 0.15) is 64.2 Å². The van der Waals surface area contributed by atoms with Crippen LogP contribution in [0, 0.1) is 5.95 Å². The Balaban J connectivity index is 1.46. The van der Waals surface area contributed by atoms with E-state index in [1.165, 1.54) is 18.7 Å². The fraction of sp³-hybridized carbons (Fsp3) is 0.640. The van der Waals surface area contributed by atoms with Crippen LogP contribution in [0.4, 0.5) is 10.1 Å². The summed E-state index contributed by atoms with van der Waals surface area (Å²) in [5.74, 6) is -2.08. The lowest BCUT2D eigenvalue weighted by Gasteiger charge is -2.52. The van der Waals surface area contributed by atoms with Crippen LogP contribution < -0.4 is 27.4 Å². The highest BCUT2D eigenvalue weighted by Gasteiger charge is 2.43. The largest absolute Gasteiger partial charge is 0.370 e. The summed E-state index contributed by atoms with van der Waals surface area (Å²) in [6.45, 7) is 2.62. The number of piperidine rings is 1. The molecule has 204 valence electrons. The molecule has 1 aliphatic heterocycles. The first-order valence-corrected chi connectivity index (χ1v) is 13.1. The molecular formula is C25H39FN8O3. The number of carbonyl (C=O) groups excluding carboxylic acids is 3. The predicted octanol–water partition coefficient (Wildman–Crippen LogP) is 1.00. The molecule has 1 unspecified atom stereocenters. The van der Waals surface area contributed by atoms with Gasteiger partial charge < -0.3 is 27.4 Å². The Morgan fingerprint density at radius 1 is 1.14 bits per heavy atom. The minimum atomic E-state index is -0.797. The Hall–Kier alpha value is -3.28. The van der Waals surface area contributed by atoms with E-state index < -0.39 is 17.8 Å². The summed E-state index contributed by atoms with van der Waals surface area (Å²) in [6, 6.07) is 2.36. The van der Waals surface area contributed by atoms with Gasteiger partial charge in [-0.1, -0.05) is 19.3 Å². The number of nitrogens with one attached hydrogen (secondary N) is 3. The lowest BCUT2D eigenvalue weighted by molar-refractivity contribution is -0.137. The van der Waals surface area contributed by atoms with Gasteiger partial charge in [-0.2, -0.15) is 4.39 Å². The van der Waals surface area contributed by atoms with Crippen molar-refractivity contribution in [3.05, 3.63) is 24.3 Å². The number of amides is 3. The number of anilines is 1. The van der Waals surface area contributed by atoms with Gasteiger partial charge in [-0.3, -0.25) is 24.3 Å². The molecule has 0 radical (unpaired) electrons. The normalized spacial score (nSPS) is 19.1. The van der Waals surface area contributed by atoms with Crippen LogP contribution in [-0.2, 0) is 14.4 Å². The second-order valence-corrected chi connectivity index (χ2v) is 9.87. The Labute approximate surface area is 217 Å². The molecule has 3 rings (SSSR count). The maximum Gasteiger partial charge on any atom is 0.313 e. The minimum Gasteiger partial charge on any atom is -0.370 e. The molecule has 2 aliphatic rings. The van der Waals surface area contributed by atoms with Gasteiger partial charge in [0.1, 0.15) is 0 Å². The van der Waals surface area contributed by atoms with E-state index in [0.717, 1.165) is 70.5 Å². The van der Waals surface area contributed by atoms with E-state index in [-0.39, 0.29) is 29.1 Å². The lowest BCUT2D eigenvalue weighted by Crippen LogP contribution is -2.60. The van der Waals surface area contributed by atoms with Crippen molar-refractivity contribution in [1.82, 2.24) is 20.5 Å². The molecule has 11 nitrogen and oxygen atoms in total. The molecule has 1 aromatic heterocycles. The standard InChI is InChI=1S/C25H39FN8O3/c26-20-8-7-19(17-31-20)33-23(37)22(36)32-18-9-14-34(25(16-18)10-3-1-4-11-25)15-13-29-21(35)6-2-5-12-30-24(27)28/h7-8,17-18H,1-6,9-16H2,(H,29,35)(H,32,36)(H,33,37)(H4,27,28,30). The van der Waals surface area contributed by atoms with Gasteiger partial charge >= 0.3 is 11.8 Å². The summed E-state index contributed by atoms with van der Waals surface area (Å²) < 4.78 is 13.0. The zero-order valence-corrected chi connectivity index (χ0v) is 21.3. The number of hydrogen-bond acceptors (Lipinski definition) is 6. The lowest BCUT2D eigenvalue weighted by atomic mass is 9.73. The summed E-state index contributed by atoms with van der Waals surface area (Å²) in [7, 11) is 0. The molecule has 1 saturated carbocycles. The highest BCUT2D eigenvalue weighted by molar-refractivity contribution is 6.39. The van der Waals surface area contributed by atoms with Crippen molar-refractivity contribution in [3.8, 4) is 0 Å². The number of nitrogens with two attached hydrogens (primary N) is 2. The van der Waals surface area contributed by atoms with Gasteiger partial charge in [0, 0.05) is 44.2 Å². The van der Waals surface area contributed by atoms with Gasteiger partial charge in [0.05, 0.1) is 11.9 Å². The van der Waals surface area contributed by atoms with Gasteiger partial charge in [-0.05, 0) is 50.7 Å². The number of hydrogen-bond donors (Lipinski definition) is 5. The number of rotatable bonds is 10. The number of pyridine rings is 1. The van der Waals surface area contributed by atoms with Crippen LogP contribution >= 0.6 is 0 Å². The average molecular weight is 519 g/mol. The number of likely N-dealkylation sites (tertiary alicyclic amines) is 1. The summed E-state index contributed by atoms with van der Waals surface area (Å²) in [6.07, 6.45) is 10.1. The maximum absolute atomic E-state index is 13.0. The Bertz CT molecular complexity index is 946. The molecule has 1 aliphatic carbocycles. The molecular weight excluding hydrogens is 479 g/mol. The molecule has 3 amide bonds. The van der Waals surface area contributed by atoms with Crippen LogP contribution in [-0.4, -0.2) is 71.3 Å². The van der Waals surface area contributed by atoms with Gasteiger partial charge in [0.2, 0.25) is 11.9 Å². The second kappa shape index (κ2) is 13.9. The third kappa shape index (κ3) is 8.96. The van der Waals surface area contributed by atoms with Gasteiger partial charge in [-0.15, -0.1) is 0 Å². The number of nitrogens with zero attached hydrogens (tertiary/aromatic N) is 3. The highest BCUT2D eigenvalue weighted by Crippen LogP contribution is 2.40. The van der Waals surface area contributed by atoms with Crippen molar-refractivity contribution in [3.63, 3.8) is 0 Å². The van der Waals surface area contributed by atoms with E-state index in [0.29, 0.717) is 19.5 Å². The predicted molar refractivity (Wildman–Crippen MR) is 139 cm³/mol. The fourth-order valence-corrected chi connectivity index (χ4v) is 5.35. The third-order valence-corrected chi connectivity index (χ3v) is 7.17. The zero-order valence-electron chi connectivity index (χ0n) is 21.3. The number of aromatic nitrogens is 1. The van der Waals surface area contributed by atoms with E-state index in [4.69, 9.17) is 11.5 Å². The molecule has 2 heterocycles. The van der Waals surface area contributed by atoms with Gasteiger partial charge in [0.15, 0.2) is 5.96 Å². The topological polar surface area (TPSA) is 168 Å². The second-order valence-electron chi connectivity index (χ2n) is 9.87. The summed E-state index contributed by atoms with van der Waals surface area (Å²) in [5.41, 5.74) is 10.8. The first-order valence-electron chi connectivity index (χ1n) is 13.1. The molecule has 1 spiro atoms. The number of unbranched alkanes of at least 4 members (excludes halogenated alkanes) is 1. The van der Waals surface area contributed by atoms with E-state index >= 15 is 0 Å². The number of carbonyl (C=O) groups is 3. The highest BCUT2D eigenvalue weighted by atomic mass is 19.1. The number of aliphatic imine (C=N–C) groups is 1. The van der Waals surface area contributed by atoms with Crippen molar-refractivity contribution < 1.29 is 18.8 Å². The SMILES string of the molecule is NC(N)=NCCCCC(=O)NCCN1CCC(NC(=O)C(=O)Nc2ccc(F)nc2)CC12CCCCC2. The van der Waals surface area contributed by atoms with Gasteiger partial charge in [0.25, 0.3) is 0 Å². The van der Waals surface area contributed by atoms with Crippen molar-refractivity contribution in [1.29, 1.82) is 0 Å². The summed E-state index contributed by atoms with van der Waals surface area (Å²) >= 11 is 0. The number of guanidine groups is 1. The Kier molecular flexibility index (Phi) is 10.6. The molecule has 0 aromatic carbocycles. The zero-order chi connectivity index (χ0) is 26.7. The Morgan fingerprint density at radius 2 is 1.92 bits per heavy atom. The fourth-order valence-electron chi connectivity index (χ4n) is 5.35. The van der Waals surface area contributed by atoms with E-state index in [2.05, 4.69) is 30.8 Å². The third-order valence-electron chi connectivity index (χ3n) is 7.17. The van der Waals surface area contributed by atoms with Crippen molar-refractivity contribution >= 4 is 29.4 Å². The quantitative estimate of drug-likeness (QED) is 0.101. The summed E-state index contributed by atoms with van der Waals surface area (Å²) in [4.78, 5) is 46.9.